The van der Waals surface area contributed by atoms with Crippen LogP contribution in [0.1, 0.15) is 89.6 Å². The van der Waals surface area contributed by atoms with Crippen LogP contribution in [0.3, 0.4) is 0 Å². The lowest BCUT2D eigenvalue weighted by molar-refractivity contribution is -0.121. The summed E-state index contributed by atoms with van der Waals surface area (Å²) in [7, 11) is 3.43. The van der Waals surface area contributed by atoms with Gasteiger partial charge in [0.2, 0.25) is 11.8 Å². The van der Waals surface area contributed by atoms with E-state index >= 15 is 0 Å². The number of nitrogens with zero attached hydrogens (tertiary/aromatic N) is 8. The van der Waals surface area contributed by atoms with E-state index in [-0.39, 0.29) is 48.1 Å². The Morgan fingerprint density at radius 3 is 1.55 bits per heavy atom. The van der Waals surface area contributed by atoms with Crippen molar-refractivity contribution in [2.75, 3.05) is 23.9 Å². The normalized spacial score (nSPS) is 11.3. The van der Waals surface area contributed by atoms with Gasteiger partial charge in [-0.05, 0) is 87.4 Å². The number of nitrogens with one attached hydrogen (secondary N) is 2. The van der Waals surface area contributed by atoms with Gasteiger partial charge in [-0.15, -0.1) is 0 Å². The Labute approximate surface area is 363 Å². The second-order valence-corrected chi connectivity index (χ2v) is 15.7. The standard InChI is InChI=1S/2C24H27N5O2/c1-15(2)24(31)29(5)21-9-18(22-7-6-16(3)11-27-22)8-19(10-21)23(30)28-14-20-13-25-17(4)12-26-20;1-15(2)24(31)29(5)20-11-18(21-7-6-16(3)13-27-21)10-19(12-20)23(30)28-17(4)22-14-25-8-9-26-22/h6-13,15H,14H2,1-5H3,(H,28,30);6-15,17H,1-5H3,(H,28,30). The van der Waals surface area contributed by atoms with Gasteiger partial charge in [0.15, 0.2) is 0 Å². The Bertz CT molecular complexity index is 2490. The first-order chi connectivity index (χ1) is 29.5. The average Bonchev–Trinajstić information content (AvgIpc) is 3.28. The molecule has 0 aliphatic rings. The summed E-state index contributed by atoms with van der Waals surface area (Å²) >= 11 is 0. The number of rotatable bonds is 12. The maximum absolute atomic E-state index is 13.1. The van der Waals surface area contributed by atoms with Gasteiger partial charge in [0.05, 0.1) is 53.4 Å². The molecule has 0 radical (unpaired) electrons. The molecule has 6 rings (SSSR count). The van der Waals surface area contributed by atoms with Crippen LogP contribution in [-0.2, 0) is 16.1 Å². The lowest BCUT2D eigenvalue weighted by atomic mass is 10.0. The fourth-order valence-electron chi connectivity index (χ4n) is 6.15. The van der Waals surface area contributed by atoms with E-state index in [2.05, 4.69) is 40.5 Å². The number of benzene rings is 2. The predicted molar refractivity (Wildman–Crippen MR) is 241 cm³/mol. The molecular weight excluding hydrogens is 781 g/mol. The van der Waals surface area contributed by atoms with Crippen molar-refractivity contribution in [1.82, 2.24) is 40.5 Å². The van der Waals surface area contributed by atoms with Gasteiger partial charge in [-0.1, -0.05) is 39.8 Å². The summed E-state index contributed by atoms with van der Waals surface area (Å²) in [5.41, 5.74) is 9.39. The van der Waals surface area contributed by atoms with E-state index in [1.165, 1.54) is 0 Å². The summed E-state index contributed by atoms with van der Waals surface area (Å²) in [6, 6.07) is 18.2. The summed E-state index contributed by atoms with van der Waals surface area (Å²) in [5, 5.41) is 5.83. The van der Waals surface area contributed by atoms with Gasteiger partial charge in [0.25, 0.3) is 11.8 Å². The lowest BCUT2D eigenvalue weighted by Crippen LogP contribution is -2.31. The van der Waals surface area contributed by atoms with Crippen molar-refractivity contribution in [3.63, 3.8) is 0 Å². The van der Waals surface area contributed by atoms with Crippen molar-refractivity contribution < 1.29 is 19.2 Å². The number of carbonyl (C=O) groups is 4. The third-order valence-electron chi connectivity index (χ3n) is 9.84. The molecule has 2 N–H and O–H groups in total. The van der Waals surface area contributed by atoms with Crippen LogP contribution < -0.4 is 20.4 Å². The third-order valence-corrected chi connectivity index (χ3v) is 9.84. The van der Waals surface area contributed by atoms with E-state index in [4.69, 9.17) is 0 Å². The molecular formula is C48H54N10O4. The van der Waals surface area contributed by atoms with Gasteiger partial charge in [0.1, 0.15) is 0 Å². The van der Waals surface area contributed by atoms with Gasteiger partial charge < -0.3 is 20.4 Å². The van der Waals surface area contributed by atoms with Crippen molar-refractivity contribution in [3.05, 3.63) is 143 Å². The number of carbonyl (C=O) groups excluding carboxylic acids is 4. The van der Waals surface area contributed by atoms with Gasteiger partial charge in [-0.2, -0.15) is 0 Å². The van der Waals surface area contributed by atoms with Crippen molar-refractivity contribution in [3.8, 4) is 22.5 Å². The fourth-order valence-corrected chi connectivity index (χ4v) is 6.15. The van der Waals surface area contributed by atoms with E-state index in [1.807, 2.05) is 91.8 Å². The highest BCUT2D eigenvalue weighted by Gasteiger charge is 2.21. The molecule has 0 aliphatic heterocycles. The van der Waals surface area contributed by atoms with Crippen molar-refractivity contribution >= 4 is 35.0 Å². The van der Waals surface area contributed by atoms with Crippen molar-refractivity contribution in [1.29, 1.82) is 0 Å². The largest absolute Gasteiger partial charge is 0.346 e. The van der Waals surface area contributed by atoms with Crippen LogP contribution in [0.25, 0.3) is 22.5 Å². The summed E-state index contributed by atoms with van der Waals surface area (Å²) < 4.78 is 0. The molecule has 0 saturated heterocycles. The highest BCUT2D eigenvalue weighted by Crippen LogP contribution is 2.28. The first-order valence-electron chi connectivity index (χ1n) is 20.3. The summed E-state index contributed by atoms with van der Waals surface area (Å²) in [6.45, 7) is 15.3. The van der Waals surface area contributed by atoms with Gasteiger partial charge in [-0.3, -0.25) is 49.1 Å². The van der Waals surface area contributed by atoms with Gasteiger partial charge in [0, 0.05) is 90.5 Å². The molecule has 1 unspecified atom stereocenters. The summed E-state index contributed by atoms with van der Waals surface area (Å²) in [6.07, 6.45) is 11.7. The Morgan fingerprint density at radius 1 is 0.581 bits per heavy atom. The molecule has 320 valence electrons. The zero-order chi connectivity index (χ0) is 45.1. The smallest absolute Gasteiger partial charge is 0.251 e. The number of amides is 4. The summed E-state index contributed by atoms with van der Waals surface area (Å²) in [4.78, 5) is 80.0. The highest BCUT2D eigenvalue weighted by atomic mass is 16.2. The molecule has 62 heavy (non-hydrogen) atoms. The SMILES string of the molecule is Cc1ccc(-c2cc(C(=O)NC(C)c3cnccn3)cc(N(C)C(=O)C(C)C)c2)nc1.Cc1ccc(-c2cc(C(=O)NCc3cnc(C)cn3)cc(N(C)C(=O)C(C)C)c2)nc1. The van der Waals surface area contributed by atoms with Crippen molar-refractivity contribution in [2.45, 2.75) is 68.0 Å². The van der Waals surface area contributed by atoms with Crippen LogP contribution in [0.2, 0.25) is 0 Å². The van der Waals surface area contributed by atoms with Gasteiger partial charge >= 0.3 is 0 Å². The predicted octanol–water partition coefficient (Wildman–Crippen LogP) is 7.66. The van der Waals surface area contributed by atoms with E-state index in [9.17, 15) is 19.2 Å². The minimum atomic E-state index is -0.319. The molecule has 4 amide bonds. The molecule has 4 aromatic heterocycles. The molecule has 6 aromatic rings. The van der Waals surface area contributed by atoms with Crippen LogP contribution in [0.15, 0.2) is 104 Å². The lowest BCUT2D eigenvalue weighted by Gasteiger charge is -2.22. The first kappa shape index (κ1) is 45.9. The summed E-state index contributed by atoms with van der Waals surface area (Å²) in [5.74, 6) is -0.922. The molecule has 4 heterocycles. The number of aryl methyl sites for hydroxylation is 3. The first-order valence-corrected chi connectivity index (χ1v) is 20.3. The van der Waals surface area contributed by atoms with Crippen LogP contribution in [0, 0.1) is 32.6 Å². The average molecular weight is 835 g/mol. The Kier molecular flexibility index (Phi) is 15.4. The quantitative estimate of drug-likeness (QED) is 0.125. The number of hydrogen-bond donors (Lipinski definition) is 2. The zero-order valence-electron chi connectivity index (χ0n) is 37.0. The van der Waals surface area contributed by atoms with Crippen LogP contribution in [0.5, 0.6) is 0 Å². The van der Waals surface area contributed by atoms with Crippen LogP contribution in [-0.4, -0.2) is 67.6 Å². The second-order valence-electron chi connectivity index (χ2n) is 15.7. The maximum atomic E-state index is 13.1. The van der Waals surface area contributed by atoms with Crippen LogP contribution in [0.4, 0.5) is 11.4 Å². The van der Waals surface area contributed by atoms with E-state index in [0.29, 0.717) is 33.9 Å². The van der Waals surface area contributed by atoms with E-state index in [0.717, 1.165) is 39.3 Å². The zero-order valence-corrected chi connectivity index (χ0v) is 37.0. The Balaban J connectivity index is 0.000000234. The number of pyridine rings is 2. The maximum Gasteiger partial charge on any atom is 0.251 e. The topological polar surface area (TPSA) is 176 Å². The number of aromatic nitrogens is 6. The molecule has 0 spiro atoms. The molecule has 0 fully saturated rings. The third kappa shape index (κ3) is 12.2. The molecule has 0 saturated carbocycles. The van der Waals surface area contributed by atoms with Gasteiger partial charge in [-0.25, -0.2) is 0 Å². The molecule has 14 heteroatoms. The monoisotopic (exact) mass is 834 g/mol. The molecule has 1 atom stereocenters. The molecule has 0 bridgehead atoms. The number of anilines is 2. The second kappa shape index (κ2) is 20.8. The molecule has 0 aliphatic carbocycles. The highest BCUT2D eigenvalue weighted by molar-refractivity contribution is 6.01. The Hall–Kier alpha value is -7.22. The minimum absolute atomic E-state index is 0.0321. The fraction of sp³-hybridized carbons (Fsp3) is 0.292. The Morgan fingerprint density at radius 2 is 1.11 bits per heavy atom. The van der Waals surface area contributed by atoms with E-state index < -0.39 is 0 Å². The molecule has 2 aromatic carbocycles. The number of hydrogen-bond acceptors (Lipinski definition) is 10. The minimum Gasteiger partial charge on any atom is -0.346 e. The van der Waals surface area contributed by atoms with Crippen LogP contribution >= 0.6 is 0 Å². The van der Waals surface area contributed by atoms with Crippen molar-refractivity contribution in [2.24, 2.45) is 11.8 Å². The van der Waals surface area contributed by atoms with E-state index in [1.54, 1.807) is 91.5 Å². The molecule has 14 nitrogen and oxygen atoms in total.